The van der Waals surface area contributed by atoms with E-state index in [1.807, 2.05) is 0 Å². The van der Waals surface area contributed by atoms with E-state index in [0.29, 0.717) is 19.3 Å². The van der Waals surface area contributed by atoms with Crippen molar-refractivity contribution in [1.29, 1.82) is 0 Å². The molecule has 0 saturated heterocycles. The molecule has 0 aromatic heterocycles. The Bertz CT molecular complexity index is 1540. The zero-order valence-corrected chi connectivity index (χ0v) is 51.3. The highest BCUT2D eigenvalue weighted by Gasteiger charge is 2.28. The van der Waals surface area contributed by atoms with Crippen LogP contribution in [-0.2, 0) is 42.2 Å². The van der Waals surface area contributed by atoms with E-state index in [4.69, 9.17) is 23.3 Å². The highest BCUT2D eigenvalue weighted by atomic mass is 31.2. The SMILES string of the molecule is CCCCC/C=C\C/C=C\C/C=C\CCCCCCCCC(=O)OCC(COP(=O)(O)OCC(CO)OC(=O)CCCCCCCCCCCCCCCCC)OC(=O)CCCCCCCCC/C=C\C/C=C\CCCCC. The molecule has 0 rings (SSSR count). The summed E-state index contributed by atoms with van der Waals surface area (Å²) in [5.41, 5.74) is 0. The van der Waals surface area contributed by atoms with Crippen LogP contribution in [0.5, 0.6) is 0 Å². The number of carbonyl (C=O) groups is 3. The summed E-state index contributed by atoms with van der Waals surface area (Å²) in [5, 5.41) is 9.85. The summed E-state index contributed by atoms with van der Waals surface area (Å²) >= 11 is 0. The lowest BCUT2D eigenvalue weighted by Gasteiger charge is -2.21. The smallest absolute Gasteiger partial charge is 0.462 e. The fourth-order valence-corrected chi connectivity index (χ4v) is 9.77. The van der Waals surface area contributed by atoms with E-state index in [1.165, 1.54) is 135 Å². The van der Waals surface area contributed by atoms with Gasteiger partial charge < -0.3 is 24.2 Å². The van der Waals surface area contributed by atoms with Gasteiger partial charge in [0.2, 0.25) is 0 Å². The van der Waals surface area contributed by atoms with Crippen LogP contribution in [0.1, 0.15) is 303 Å². The van der Waals surface area contributed by atoms with Crippen molar-refractivity contribution in [2.24, 2.45) is 0 Å². The average molecular weight is 1120 g/mol. The van der Waals surface area contributed by atoms with Crippen LogP contribution >= 0.6 is 7.82 Å². The van der Waals surface area contributed by atoms with Gasteiger partial charge in [-0.3, -0.25) is 23.4 Å². The van der Waals surface area contributed by atoms with Gasteiger partial charge in [-0.2, -0.15) is 0 Å². The largest absolute Gasteiger partial charge is 0.472 e. The van der Waals surface area contributed by atoms with Crippen LogP contribution in [0.3, 0.4) is 0 Å². The molecule has 0 radical (unpaired) electrons. The highest BCUT2D eigenvalue weighted by molar-refractivity contribution is 7.47. The second-order valence-corrected chi connectivity index (χ2v) is 23.0. The normalized spacial score (nSPS) is 13.7. The summed E-state index contributed by atoms with van der Waals surface area (Å²) in [6.45, 7) is 4.62. The maximum atomic E-state index is 12.9. The number of carbonyl (C=O) groups excluding carboxylic acids is 3. The second-order valence-electron chi connectivity index (χ2n) is 21.6. The summed E-state index contributed by atoms with van der Waals surface area (Å²) in [5.74, 6) is -1.47. The van der Waals surface area contributed by atoms with Crippen molar-refractivity contribution in [3.05, 3.63) is 60.8 Å². The number of aliphatic hydroxyl groups is 1. The fraction of sp³-hybridized carbons (Fsp3) is 0.803. The summed E-state index contributed by atoms with van der Waals surface area (Å²) < 4.78 is 39.7. The molecule has 3 atom stereocenters. The first kappa shape index (κ1) is 75.2. The Morgan fingerprint density at radius 3 is 0.987 bits per heavy atom. The molecule has 0 aliphatic carbocycles. The van der Waals surface area contributed by atoms with Gasteiger partial charge in [-0.1, -0.05) is 255 Å². The number of esters is 3. The van der Waals surface area contributed by atoms with Gasteiger partial charge in [0.1, 0.15) is 12.7 Å². The molecule has 0 aliphatic rings. The lowest BCUT2D eigenvalue weighted by atomic mass is 10.0. The van der Waals surface area contributed by atoms with E-state index >= 15 is 0 Å². The number of phosphoric ester groups is 1. The molecule has 0 aliphatic heterocycles. The van der Waals surface area contributed by atoms with Crippen molar-refractivity contribution >= 4 is 25.7 Å². The van der Waals surface area contributed by atoms with Crippen molar-refractivity contribution in [3.63, 3.8) is 0 Å². The van der Waals surface area contributed by atoms with Crippen molar-refractivity contribution in [3.8, 4) is 0 Å². The second kappa shape index (κ2) is 60.3. The monoisotopic (exact) mass is 1120 g/mol. The van der Waals surface area contributed by atoms with Gasteiger partial charge in [-0.05, 0) is 89.9 Å². The van der Waals surface area contributed by atoms with E-state index in [0.717, 1.165) is 109 Å². The Morgan fingerprint density at radius 2 is 0.628 bits per heavy atom. The Balaban J connectivity index is 4.72. The van der Waals surface area contributed by atoms with Crippen molar-refractivity contribution in [1.82, 2.24) is 0 Å². The number of aliphatic hydroxyl groups excluding tert-OH is 1. The standard InChI is InChI=1S/C66H119O11P/c1-4-7-10-13-16-19-22-25-28-30-31-33-35-37-40-43-46-49-52-55-64(68)73-59-63(77-66(70)57-54-51-48-45-42-39-36-32-29-26-23-20-17-14-11-8-5-2)61-75-78(71,72)74-60-62(58-67)76-65(69)56-53-50-47-44-41-38-34-27-24-21-18-15-12-9-6-3/h16-17,19-20,25-26,28-29,31,33,62-63,67H,4-15,18,21-24,27,30,32,34-61H2,1-3H3,(H,71,72)/b19-16-,20-17-,28-25-,29-26-,33-31-. The predicted octanol–water partition coefficient (Wildman–Crippen LogP) is 19.5. The Hall–Kier alpha value is -2.82. The van der Waals surface area contributed by atoms with Gasteiger partial charge in [-0.15, -0.1) is 0 Å². The number of unbranched alkanes of at least 4 members (excludes halogenated alkanes) is 33. The zero-order valence-electron chi connectivity index (χ0n) is 50.4. The van der Waals surface area contributed by atoms with Crippen LogP contribution in [0, 0.1) is 0 Å². The van der Waals surface area contributed by atoms with E-state index in [1.54, 1.807) is 0 Å². The minimum absolute atomic E-state index is 0.156. The topological polar surface area (TPSA) is 155 Å². The summed E-state index contributed by atoms with van der Waals surface area (Å²) in [4.78, 5) is 48.7. The maximum absolute atomic E-state index is 12.9. The van der Waals surface area contributed by atoms with Crippen LogP contribution < -0.4 is 0 Å². The van der Waals surface area contributed by atoms with Crippen LogP contribution in [0.2, 0.25) is 0 Å². The molecule has 0 amide bonds. The number of hydrogen-bond donors (Lipinski definition) is 2. The first-order valence-corrected chi connectivity index (χ1v) is 33.7. The summed E-state index contributed by atoms with van der Waals surface area (Å²) in [6.07, 6.45) is 67.3. The molecule has 0 fully saturated rings. The van der Waals surface area contributed by atoms with Crippen LogP contribution in [0.4, 0.5) is 0 Å². The lowest BCUT2D eigenvalue weighted by Crippen LogP contribution is -2.30. The molecule has 0 aromatic rings. The van der Waals surface area contributed by atoms with Crippen LogP contribution in [0.25, 0.3) is 0 Å². The molecular weight excluding hydrogens is 1000 g/mol. The van der Waals surface area contributed by atoms with E-state index < -0.39 is 57.8 Å². The third-order valence-electron chi connectivity index (χ3n) is 13.9. The molecule has 454 valence electrons. The molecular formula is C66H119O11P. The lowest BCUT2D eigenvalue weighted by molar-refractivity contribution is -0.161. The molecule has 0 spiro atoms. The van der Waals surface area contributed by atoms with Gasteiger partial charge in [0, 0.05) is 19.3 Å². The number of allylic oxidation sites excluding steroid dienone is 10. The number of phosphoric acid groups is 1. The van der Waals surface area contributed by atoms with E-state index in [-0.39, 0.29) is 25.9 Å². The molecule has 0 aromatic carbocycles. The Labute approximate surface area is 478 Å². The number of ether oxygens (including phenoxy) is 3. The predicted molar refractivity (Wildman–Crippen MR) is 325 cm³/mol. The molecule has 0 heterocycles. The van der Waals surface area contributed by atoms with Gasteiger partial charge in [0.05, 0.1) is 19.8 Å². The molecule has 78 heavy (non-hydrogen) atoms. The molecule has 0 saturated carbocycles. The molecule has 0 bridgehead atoms. The quantitative estimate of drug-likeness (QED) is 0.0197. The van der Waals surface area contributed by atoms with Crippen molar-refractivity contribution in [2.45, 2.75) is 315 Å². The summed E-state index contributed by atoms with van der Waals surface area (Å²) in [6, 6.07) is 0. The van der Waals surface area contributed by atoms with Crippen LogP contribution in [-0.4, -0.2) is 66.5 Å². The van der Waals surface area contributed by atoms with Gasteiger partial charge in [0.25, 0.3) is 0 Å². The average Bonchev–Trinajstić information content (AvgIpc) is 3.43. The maximum Gasteiger partial charge on any atom is 0.472 e. The molecule has 12 heteroatoms. The molecule has 2 N–H and O–H groups in total. The van der Waals surface area contributed by atoms with Gasteiger partial charge >= 0.3 is 25.7 Å². The molecule has 11 nitrogen and oxygen atoms in total. The van der Waals surface area contributed by atoms with E-state index in [2.05, 4.69) is 81.5 Å². The molecule has 3 unspecified atom stereocenters. The third kappa shape index (κ3) is 57.9. The third-order valence-corrected chi connectivity index (χ3v) is 14.9. The zero-order chi connectivity index (χ0) is 56.9. The minimum atomic E-state index is -4.76. The van der Waals surface area contributed by atoms with Gasteiger partial charge in [0.15, 0.2) is 6.10 Å². The van der Waals surface area contributed by atoms with Gasteiger partial charge in [-0.25, -0.2) is 4.57 Å². The minimum Gasteiger partial charge on any atom is -0.462 e. The first-order valence-electron chi connectivity index (χ1n) is 32.2. The van der Waals surface area contributed by atoms with Crippen molar-refractivity contribution < 1.29 is 52.2 Å². The van der Waals surface area contributed by atoms with E-state index in [9.17, 15) is 28.9 Å². The fourth-order valence-electron chi connectivity index (χ4n) is 8.98. The number of hydrogen-bond acceptors (Lipinski definition) is 10. The Morgan fingerprint density at radius 1 is 0.359 bits per heavy atom. The number of rotatable bonds is 60. The Kier molecular flexibility index (Phi) is 58.1. The van der Waals surface area contributed by atoms with Crippen molar-refractivity contribution in [2.75, 3.05) is 26.4 Å². The highest BCUT2D eigenvalue weighted by Crippen LogP contribution is 2.43. The first-order chi connectivity index (χ1) is 38.2. The van der Waals surface area contributed by atoms with Crippen LogP contribution in [0.15, 0.2) is 60.8 Å². The summed E-state index contributed by atoms with van der Waals surface area (Å²) in [7, 11) is -4.76.